The molecule has 0 atom stereocenters. The molecule has 0 aliphatic carbocycles. The Morgan fingerprint density at radius 2 is 2.08 bits per heavy atom. The molecule has 4 rings (SSSR count). The van der Waals surface area contributed by atoms with E-state index in [1.54, 1.807) is 0 Å². The maximum Gasteiger partial charge on any atom is 0.260 e. The number of fused-ring (bicyclic) bond motifs is 1. The molecule has 1 aliphatic heterocycles. The highest BCUT2D eigenvalue weighted by Gasteiger charge is 2.19. The molecule has 0 saturated heterocycles. The van der Waals surface area contributed by atoms with Gasteiger partial charge in [0.25, 0.3) is 5.91 Å². The first-order valence-corrected chi connectivity index (χ1v) is 8.93. The zero-order valence-electron chi connectivity index (χ0n) is 14.9. The molecule has 26 heavy (non-hydrogen) atoms. The van der Waals surface area contributed by atoms with Gasteiger partial charge >= 0.3 is 0 Å². The number of nitrogens with zero attached hydrogens (tertiary/aromatic N) is 1. The van der Waals surface area contributed by atoms with Crippen LogP contribution in [-0.4, -0.2) is 35.5 Å². The molecule has 4 heteroatoms. The van der Waals surface area contributed by atoms with E-state index in [9.17, 15) is 4.79 Å². The van der Waals surface area contributed by atoms with Crippen LogP contribution in [0.25, 0.3) is 16.5 Å². The molecule has 3 aromatic rings. The topological polar surface area (TPSA) is 45.3 Å². The number of ether oxygens (including phenoxy) is 1. The van der Waals surface area contributed by atoms with Crippen LogP contribution in [-0.2, 0) is 4.79 Å². The summed E-state index contributed by atoms with van der Waals surface area (Å²) in [6, 6.07) is 16.1. The van der Waals surface area contributed by atoms with Gasteiger partial charge in [-0.3, -0.25) is 4.79 Å². The summed E-state index contributed by atoms with van der Waals surface area (Å²) < 4.78 is 5.64. The van der Waals surface area contributed by atoms with Crippen LogP contribution in [0, 0.1) is 6.92 Å². The maximum absolute atomic E-state index is 12.4. The number of aromatic amines is 1. The lowest BCUT2D eigenvalue weighted by Crippen LogP contribution is -2.37. The van der Waals surface area contributed by atoms with Crippen molar-refractivity contribution < 1.29 is 9.53 Å². The van der Waals surface area contributed by atoms with Crippen LogP contribution in [0.2, 0.25) is 0 Å². The number of aromatic nitrogens is 1. The predicted octanol–water partition coefficient (Wildman–Crippen LogP) is 4.17. The lowest BCUT2D eigenvalue weighted by atomic mass is 9.99. The smallest absolute Gasteiger partial charge is 0.260 e. The monoisotopic (exact) mass is 346 g/mol. The molecule has 4 nitrogen and oxygen atoms in total. The first-order chi connectivity index (χ1) is 12.7. The Kier molecular flexibility index (Phi) is 4.48. The van der Waals surface area contributed by atoms with Gasteiger partial charge in [-0.05, 0) is 42.7 Å². The van der Waals surface area contributed by atoms with Gasteiger partial charge in [0, 0.05) is 35.8 Å². The van der Waals surface area contributed by atoms with E-state index in [-0.39, 0.29) is 12.5 Å². The normalized spacial score (nSPS) is 14.3. The van der Waals surface area contributed by atoms with E-state index >= 15 is 0 Å². The van der Waals surface area contributed by atoms with Crippen LogP contribution in [0.4, 0.5) is 0 Å². The second-order valence-electron chi connectivity index (χ2n) is 6.67. The highest BCUT2D eigenvalue weighted by Crippen LogP contribution is 2.29. The summed E-state index contributed by atoms with van der Waals surface area (Å²) in [4.78, 5) is 17.6. The quantitative estimate of drug-likeness (QED) is 0.770. The summed E-state index contributed by atoms with van der Waals surface area (Å²) in [7, 11) is 0. The SMILES string of the molecule is Cc1cccc(OCC(=O)N2CC=C(c3c[nH]c4ccccc34)CC2)c1. The number of hydrogen-bond acceptors (Lipinski definition) is 2. The number of benzene rings is 2. The van der Waals surface area contributed by atoms with Crippen LogP contribution < -0.4 is 4.74 Å². The first kappa shape index (κ1) is 16.5. The molecule has 0 spiro atoms. The van der Waals surface area contributed by atoms with E-state index in [0.717, 1.165) is 29.8 Å². The standard InChI is InChI=1S/C22H22N2O2/c1-16-5-4-6-18(13-16)26-15-22(25)24-11-9-17(10-12-24)20-14-23-21-8-3-2-7-19(20)21/h2-9,13-14,23H,10-12,15H2,1H3. The van der Waals surface area contributed by atoms with E-state index in [0.29, 0.717) is 6.54 Å². The molecule has 132 valence electrons. The Labute approximate surface area is 153 Å². The molecule has 1 aliphatic rings. The minimum Gasteiger partial charge on any atom is -0.484 e. The number of aryl methyl sites for hydroxylation is 1. The van der Waals surface area contributed by atoms with E-state index in [1.165, 1.54) is 16.5 Å². The average molecular weight is 346 g/mol. The molecular formula is C22H22N2O2. The summed E-state index contributed by atoms with van der Waals surface area (Å²) in [5.41, 5.74) is 4.81. The number of carbonyl (C=O) groups excluding carboxylic acids is 1. The fourth-order valence-corrected chi connectivity index (χ4v) is 3.42. The van der Waals surface area contributed by atoms with Crippen LogP contribution >= 0.6 is 0 Å². The molecule has 0 fully saturated rings. The third-order valence-corrected chi connectivity index (χ3v) is 4.85. The molecule has 0 bridgehead atoms. The number of carbonyl (C=O) groups is 1. The zero-order valence-corrected chi connectivity index (χ0v) is 14.9. The Morgan fingerprint density at radius 3 is 2.88 bits per heavy atom. The van der Waals surface area contributed by atoms with Crippen molar-refractivity contribution in [2.45, 2.75) is 13.3 Å². The number of para-hydroxylation sites is 1. The van der Waals surface area contributed by atoms with Crippen LogP contribution in [0.15, 0.2) is 60.8 Å². The Bertz CT molecular complexity index is 971. The fraction of sp³-hybridized carbons (Fsp3) is 0.227. The Hall–Kier alpha value is -3.01. The van der Waals surface area contributed by atoms with E-state index < -0.39 is 0 Å². The lowest BCUT2D eigenvalue weighted by Gasteiger charge is -2.26. The van der Waals surface area contributed by atoms with Gasteiger partial charge in [-0.15, -0.1) is 0 Å². The number of hydrogen-bond donors (Lipinski definition) is 1. The maximum atomic E-state index is 12.4. The fourth-order valence-electron chi connectivity index (χ4n) is 3.42. The van der Waals surface area contributed by atoms with Crippen molar-refractivity contribution in [3.05, 3.63) is 71.9 Å². The number of amides is 1. The van der Waals surface area contributed by atoms with Crippen molar-refractivity contribution in [2.24, 2.45) is 0 Å². The van der Waals surface area contributed by atoms with Crippen molar-refractivity contribution in [1.29, 1.82) is 0 Å². The molecule has 0 radical (unpaired) electrons. The Morgan fingerprint density at radius 1 is 1.19 bits per heavy atom. The van der Waals surface area contributed by atoms with Gasteiger partial charge in [0.1, 0.15) is 5.75 Å². The van der Waals surface area contributed by atoms with Gasteiger partial charge in [-0.1, -0.05) is 36.4 Å². The molecule has 2 heterocycles. The minimum atomic E-state index is 0.0285. The van der Waals surface area contributed by atoms with Crippen LogP contribution in [0.5, 0.6) is 5.75 Å². The second-order valence-corrected chi connectivity index (χ2v) is 6.67. The van der Waals surface area contributed by atoms with Crippen molar-refractivity contribution in [2.75, 3.05) is 19.7 Å². The lowest BCUT2D eigenvalue weighted by molar-refractivity contribution is -0.132. The van der Waals surface area contributed by atoms with Gasteiger partial charge < -0.3 is 14.6 Å². The minimum absolute atomic E-state index is 0.0285. The number of rotatable bonds is 4. The molecule has 1 N–H and O–H groups in total. The summed E-state index contributed by atoms with van der Waals surface area (Å²) in [5.74, 6) is 0.770. The summed E-state index contributed by atoms with van der Waals surface area (Å²) in [6.45, 7) is 3.45. The molecule has 2 aromatic carbocycles. The molecule has 1 amide bonds. The van der Waals surface area contributed by atoms with Crippen LogP contribution in [0.1, 0.15) is 17.5 Å². The average Bonchev–Trinajstić information content (AvgIpc) is 3.10. The Balaban J connectivity index is 1.40. The van der Waals surface area contributed by atoms with Gasteiger partial charge in [0.15, 0.2) is 6.61 Å². The van der Waals surface area contributed by atoms with Crippen molar-refractivity contribution in [3.63, 3.8) is 0 Å². The molecular weight excluding hydrogens is 324 g/mol. The van der Waals surface area contributed by atoms with Crippen molar-refractivity contribution in [3.8, 4) is 5.75 Å². The second kappa shape index (κ2) is 7.08. The first-order valence-electron chi connectivity index (χ1n) is 8.93. The van der Waals surface area contributed by atoms with Gasteiger partial charge in [-0.25, -0.2) is 0 Å². The largest absolute Gasteiger partial charge is 0.484 e. The summed E-state index contributed by atoms with van der Waals surface area (Å²) >= 11 is 0. The van der Waals surface area contributed by atoms with Gasteiger partial charge in [0.2, 0.25) is 0 Å². The van der Waals surface area contributed by atoms with Crippen LogP contribution in [0.3, 0.4) is 0 Å². The highest BCUT2D eigenvalue weighted by molar-refractivity contribution is 5.93. The summed E-state index contributed by atoms with van der Waals surface area (Å²) in [5, 5.41) is 1.24. The highest BCUT2D eigenvalue weighted by atomic mass is 16.5. The number of nitrogens with one attached hydrogen (secondary N) is 1. The molecule has 0 unspecified atom stereocenters. The zero-order chi connectivity index (χ0) is 17.9. The number of H-pyrrole nitrogens is 1. The van der Waals surface area contributed by atoms with E-state index in [4.69, 9.17) is 4.74 Å². The third kappa shape index (κ3) is 3.36. The molecule has 1 aromatic heterocycles. The van der Waals surface area contributed by atoms with E-state index in [2.05, 4.69) is 35.5 Å². The van der Waals surface area contributed by atoms with E-state index in [1.807, 2.05) is 42.2 Å². The summed E-state index contributed by atoms with van der Waals surface area (Å²) in [6.07, 6.45) is 5.08. The molecule has 0 saturated carbocycles. The predicted molar refractivity (Wildman–Crippen MR) is 104 cm³/mol. The third-order valence-electron chi connectivity index (χ3n) is 4.85. The van der Waals surface area contributed by atoms with Gasteiger partial charge in [-0.2, -0.15) is 0 Å². The van der Waals surface area contributed by atoms with Gasteiger partial charge in [0.05, 0.1) is 0 Å². The van der Waals surface area contributed by atoms with Crippen molar-refractivity contribution >= 4 is 22.4 Å². The van der Waals surface area contributed by atoms with Crippen molar-refractivity contribution in [1.82, 2.24) is 9.88 Å².